The van der Waals surface area contributed by atoms with Crippen molar-refractivity contribution in [3.8, 4) is 0 Å². The average Bonchev–Trinajstić information content (AvgIpc) is 2.64. The molecule has 128 valence electrons. The largest absolute Gasteiger partial charge is 0.487 e. The molecule has 2 aliphatic rings. The first-order chi connectivity index (χ1) is 12.3. The molecular weight excluding hydrogens is 312 g/mol. The Kier molecular flexibility index (Phi) is 4.34. The second kappa shape index (κ2) is 6.93. The lowest BCUT2D eigenvalue weighted by molar-refractivity contribution is 0.120. The highest BCUT2D eigenvalue weighted by atomic mass is 16.5. The number of fused-ring (bicyclic) bond motifs is 1. The van der Waals surface area contributed by atoms with Crippen LogP contribution in [-0.2, 0) is 22.7 Å². The molecule has 2 aromatic carbocycles. The molecule has 0 saturated carbocycles. The molecule has 0 bridgehead atoms. The van der Waals surface area contributed by atoms with Crippen molar-refractivity contribution in [2.75, 3.05) is 0 Å². The summed E-state index contributed by atoms with van der Waals surface area (Å²) in [6.45, 7) is 3.24. The van der Waals surface area contributed by atoms with Crippen LogP contribution in [0.25, 0.3) is 0 Å². The van der Waals surface area contributed by atoms with Gasteiger partial charge in [-0.05, 0) is 18.1 Å². The van der Waals surface area contributed by atoms with Gasteiger partial charge in [0.25, 0.3) is 0 Å². The van der Waals surface area contributed by atoms with Gasteiger partial charge in [-0.3, -0.25) is 0 Å². The van der Waals surface area contributed by atoms with Gasteiger partial charge in [0.2, 0.25) is 0 Å². The lowest BCUT2D eigenvalue weighted by atomic mass is 9.90. The summed E-state index contributed by atoms with van der Waals surface area (Å²) in [5.41, 5.74) is 3.43. The van der Waals surface area contributed by atoms with Gasteiger partial charge in [0, 0.05) is 12.2 Å². The first-order valence-corrected chi connectivity index (χ1v) is 8.62. The Morgan fingerprint density at radius 3 is 2.08 bits per heavy atom. The Balaban J connectivity index is 1.46. The Labute approximate surface area is 148 Å². The summed E-state index contributed by atoms with van der Waals surface area (Å²) < 4.78 is 12.0. The summed E-state index contributed by atoms with van der Waals surface area (Å²) in [5.74, 6) is 1.68. The van der Waals surface area contributed by atoms with Crippen LogP contribution in [-0.4, -0.2) is 12.1 Å². The van der Waals surface area contributed by atoms with Crippen LogP contribution in [0.4, 0.5) is 0 Å². The summed E-state index contributed by atoms with van der Waals surface area (Å²) in [5, 5.41) is 6.76. The number of ether oxygens (including phenoxy) is 2. The SMILES string of the molecule is C[C@@H]1NC=C(OCc2ccccc2)C2=C(OCc3ccccc3)NC21. The molecule has 25 heavy (non-hydrogen) atoms. The van der Waals surface area contributed by atoms with Crippen molar-refractivity contribution in [1.29, 1.82) is 0 Å². The van der Waals surface area contributed by atoms with Gasteiger partial charge in [-0.1, -0.05) is 60.7 Å². The molecule has 4 heteroatoms. The van der Waals surface area contributed by atoms with Crippen molar-refractivity contribution < 1.29 is 9.47 Å². The molecule has 0 aliphatic carbocycles. The molecule has 2 N–H and O–H groups in total. The maximum Gasteiger partial charge on any atom is 0.196 e. The number of hydrogen-bond acceptors (Lipinski definition) is 4. The molecule has 2 atom stereocenters. The van der Waals surface area contributed by atoms with E-state index in [-0.39, 0.29) is 6.04 Å². The molecule has 4 nitrogen and oxygen atoms in total. The van der Waals surface area contributed by atoms with Gasteiger partial charge in [0.05, 0.1) is 11.6 Å². The van der Waals surface area contributed by atoms with Crippen molar-refractivity contribution in [3.05, 3.63) is 95.2 Å². The van der Waals surface area contributed by atoms with E-state index in [0.717, 1.165) is 28.3 Å². The maximum atomic E-state index is 6.05. The molecular formula is C21H22N2O2. The second-order valence-electron chi connectivity index (χ2n) is 6.38. The smallest absolute Gasteiger partial charge is 0.196 e. The number of nitrogens with one attached hydrogen (secondary N) is 2. The van der Waals surface area contributed by atoms with Crippen LogP contribution >= 0.6 is 0 Å². The van der Waals surface area contributed by atoms with Gasteiger partial charge in [-0.25, -0.2) is 0 Å². The molecule has 0 amide bonds. The lowest BCUT2D eigenvalue weighted by Crippen LogP contribution is -2.56. The highest BCUT2D eigenvalue weighted by molar-refractivity contribution is 5.44. The lowest BCUT2D eigenvalue weighted by Gasteiger charge is -2.42. The van der Waals surface area contributed by atoms with Crippen LogP contribution in [0.2, 0.25) is 0 Å². The third kappa shape index (κ3) is 3.33. The fourth-order valence-electron chi connectivity index (χ4n) is 3.08. The Bertz CT molecular complexity index is 784. The Morgan fingerprint density at radius 1 is 0.840 bits per heavy atom. The van der Waals surface area contributed by atoms with Crippen molar-refractivity contribution in [2.45, 2.75) is 32.2 Å². The van der Waals surface area contributed by atoms with Crippen LogP contribution in [0, 0.1) is 0 Å². The number of rotatable bonds is 6. The van der Waals surface area contributed by atoms with E-state index < -0.39 is 0 Å². The topological polar surface area (TPSA) is 42.5 Å². The van der Waals surface area contributed by atoms with Gasteiger partial charge >= 0.3 is 0 Å². The van der Waals surface area contributed by atoms with Crippen LogP contribution in [0.5, 0.6) is 0 Å². The van der Waals surface area contributed by atoms with Crippen molar-refractivity contribution >= 4 is 0 Å². The molecule has 0 radical (unpaired) electrons. The highest BCUT2D eigenvalue weighted by Crippen LogP contribution is 2.33. The van der Waals surface area contributed by atoms with Gasteiger partial charge in [-0.15, -0.1) is 0 Å². The zero-order valence-corrected chi connectivity index (χ0v) is 14.2. The van der Waals surface area contributed by atoms with Crippen molar-refractivity contribution in [1.82, 2.24) is 10.6 Å². The fourth-order valence-corrected chi connectivity index (χ4v) is 3.08. The Morgan fingerprint density at radius 2 is 1.44 bits per heavy atom. The quantitative estimate of drug-likeness (QED) is 0.849. The zero-order chi connectivity index (χ0) is 17.1. The highest BCUT2D eigenvalue weighted by Gasteiger charge is 2.40. The third-order valence-corrected chi connectivity index (χ3v) is 4.55. The molecule has 4 rings (SSSR count). The van der Waals surface area contributed by atoms with Gasteiger partial charge < -0.3 is 20.1 Å². The second-order valence-corrected chi connectivity index (χ2v) is 6.38. The van der Waals surface area contributed by atoms with Crippen LogP contribution in [0.15, 0.2) is 84.1 Å². The minimum absolute atomic E-state index is 0.224. The summed E-state index contributed by atoms with van der Waals surface area (Å²) in [4.78, 5) is 0. The van der Waals surface area contributed by atoms with Crippen LogP contribution in [0.1, 0.15) is 18.1 Å². The predicted octanol–water partition coefficient (Wildman–Crippen LogP) is 3.44. The fraction of sp³-hybridized carbons (Fsp3) is 0.238. The van der Waals surface area contributed by atoms with E-state index >= 15 is 0 Å². The van der Waals surface area contributed by atoms with E-state index in [4.69, 9.17) is 9.47 Å². The molecule has 2 heterocycles. The predicted molar refractivity (Wildman–Crippen MR) is 97.1 cm³/mol. The van der Waals surface area contributed by atoms with Crippen molar-refractivity contribution in [3.63, 3.8) is 0 Å². The van der Waals surface area contributed by atoms with E-state index in [1.807, 2.05) is 42.6 Å². The van der Waals surface area contributed by atoms with Gasteiger partial charge in [-0.2, -0.15) is 0 Å². The van der Waals surface area contributed by atoms with E-state index in [1.165, 1.54) is 0 Å². The first-order valence-electron chi connectivity index (χ1n) is 8.62. The van der Waals surface area contributed by atoms with Crippen LogP contribution < -0.4 is 10.6 Å². The molecule has 0 fully saturated rings. The van der Waals surface area contributed by atoms with Gasteiger partial charge in [0.15, 0.2) is 5.88 Å². The molecule has 0 spiro atoms. The van der Waals surface area contributed by atoms with E-state index in [9.17, 15) is 0 Å². The molecule has 2 aliphatic heterocycles. The van der Waals surface area contributed by atoms with Crippen molar-refractivity contribution in [2.24, 2.45) is 0 Å². The monoisotopic (exact) mass is 334 g/mol. The van der Waals surface area contributed by atoms with Gasteiger partial charge in [0.1, 0.15) is 19.0 Å². The minimum atomic E-state index is 0.224. The number of benzene rings is 2. The molecule has 1 unspecified atom stereocenters. The van der Waals surface area contributed by atoms with Crippen LogP contribution in [0.3, 0.4) is 0 Å². The average molecular weight is 334 g/mol. The molecule has 0 saturated heterocycles. The van der Waals surface area contributed by atoms with E-state index in [0.29, 0.717) is 19.3 Å². The Hall–Kier alpha value is -2.88. The summed E-state index contributed by atoms with van der Waals surface area (Å²) in [6.07, 6.45) is 1.95. The third-order valence-electron chi connectivity index (χ3n) is 4.55. The summed E-state index contributed by atoms with van der Waals surface area (Å²) in [6, 6.07) is 20.9. The normalized spacial score (nSPS) is 21.2. The first kappa shape index (κ1) is 15.6. The van der Waals surface area contributed by atoms with E-state index in [2.05, 4.69) is 41.8 Å². The maximum absolute atomic E-state index is 6.05. The van der Waals surface area contributed by atoms with E-state index in [1.54, 1.807) is 0 Å². The standard InChI is InChI=1S/C21H22N2O2/c1-15-20-19(21(23-20)25-14-17-10-6-3-7-11-17)18(12-22-15)24-13-16-8-4-2-5-9-16/h2-12,15,20,22-23H,13-14H2,1H3/t15-,20?/m0/s1. The summed E-state index contributed by atoms with van der Waals surface area (Å²) in [7, 11) is 0. The minimum Gasteiger partial charge on any atom is -0.487 e. The molecule has 2 aromatic rings. The number of hydrogen-bond donors (Lipinski definition) is 2. The summed E-state index contributed by atoms with van der Waals surface area (Å²) >= 11 is 0. The zero-order valence-electron chi connectivity index (χ0n) is 14.2. The molecule has 0 aromatic heterocycles.